The van der Waals surface area contributed by atoms with E-state index in [2.05, 4.69) is 6.58 Å². The van der Waals surface area contributed by atoms with Crippen molar-refractivity contribution < 1.29 is 74.4 Å². The Morgan fingerprint density at radius 1 is 0.833 bits per heavy atom. The van der Waals surface area contributed by atoms with Crippen LogP contribution in [0.3, 0.4) is 0 Å². The van der Waals surface area contributed by atoms with Gasteiger partial charge in [0.15, 0.2) is 6.17 Å². The molecule has 0 amide bonds. The summed E-state index contributed by atoms with van der Waals surface area (Å²) in [5.41, 5.74) is 4.91. The van der Waals surface area contributed by atoms with Crippen molar-refractivity contribution in [1.82, 2.24) is 0 Å². The first-order valence-corrected chi connectivity index (χ1v) is 8.11. The Balaban J connectivity index is 0. The highest BCUT2D eigenvalue weighted by Crippen LogP contribution is 2.59. The predicted octanol–water partition coefficient (Wildman–Crippen LogP) is 4.43. The molecule has 0 saturated carbocycles. The van der Waals surface area contributed by atoms with Crippen LogP contribution >= 0.6 is 0 Å². The van der Waals surface area contributed by atoms with Gasteiger partial charge in [-0.15, -0.1) is 6.58 Å². The molecule has 19 heteroatoms. The molecule has 3 N–H and O–H groups in total. The topological polar surface area (TPSA) is 80.4 Å². The first kappa shape index (κ1) is 30.8. The van der Waals surface area contributed by atoms with E-state index in [1.807, 2.05) is 0 Å². The third kappa shape index (κ3) is 5.65. The normalized spacial score (nSPS) is 15.9. The monoisotopic (exact) mass is 503 g/mol. The molecule has 0 aromatic carbocycles. The van der Waals surface area contributed by atoms with Crippen LogP contribution in [0, 0.1) is 0 Å². The number of halogens is 14. The summed E-state index contributed by atoms with van der Waals surface area (Å²) in [5, 5.41) is -7.50. The van der Waals surface area contributed by atoms with Crippen LogP contribution in [0.5, 0.6) is 0 Å². The lowest BCUT2D eigenvalue weighted by Gasteiger charge is -2.39. The average molecular weight is 503 g/mol. The van der Waals surface area contributed by atoms with E-state index >= 15 is 0 Å². The van der Waals surface area contributed by atoms with Gasteiger partial charge in [-0.05, 0) is 0 Å². The molecule has 0 bridgehead atoms. The fraction of sp³-hybridized carbons (Fsp3) is 0.818. The van der Waals surface area contributed by atoms with Crippen molar-refractivity contribution in [3.8, 4) is 0 Å². The second-order valence-electron chi connectivity index (χ2n) is 5.15. The maximum absolute atomic E-state index is 13.0. The Bertz CT molecular complexity index is 688. The maximum atomic E-state index is 13.0. The minimum Gasteiger partial charge on any atom is -0.327 e. The van der Waals surface area contributed by atoms with Gasteiger partial charge >= 0.3 is 45.2 Å². The number of nitrogens with two attached hydrogens (primary N) is 1. The molecule has 1 atom stereocenters. The van der Waals surface area contributed by atoms with Crippen LogP contribution in [-0.4, -0.2) is 60.8 Å². The number of hydrogen-bond acceptors (Lipinski definition) is 3. The van der Waals surface area contributed by atoms with E-state index in [1.165, 1.54) is 0 Å². The largest absolute Gasteiger partial charge is 0.438 e. The van der Waals surface area contributed by atoms with E-state index in [4.69, 9.17) is 10.3 Å². The second-order valence-corrected chi connectivity index (χ2v) is 6.61. The Labute approximate surface area is 158 Å². The summed E-state index contributed by atoms with van der Waals surface area (Å²) in [4.78, 5) is 0. The van der Waals surface area contributed by atoms with E-state index in [-0.39, 0.29) is 0 Å². The summed E-state index contributed by atoms with van der Waals surface area (Å²) in [7, 11) is -7.61. The third-order valence-electron chi connectivity index (χ3n) is 2.87. The molecular formula is C11H11F14NO3S. The van der Waals surface area contributed by atoms with Gasteiger partial charge in [-0.25, -0.2) is 4.39 Å². The molecule has 0 aliphatic heterocycles. The Morgan fingerprint density at radius 3 is 1.40 bits per heavy atom. The quantitative estimate of drug-likeness (QED) is 0.292. The van der Waals surface area contributed by atoms with Crippen molar-refractivity contribution in [2.75, 3.05) is 6.54 Å². The summed E-state index contributed by atoms with van der Waals surface area (Å²) in [6.45, 7) is 3.94. The van der Waals surface area contributed by atoms with Gasteiger partial charge in [-0.1, -0.05) is 6.08 Å². The van der Waals surface area contributed by atoms with Gasteiger partial charge in [-0.3, -0.25) is 4.55 Å². The minimum absolute atomic E-state index is 0.583. The van der Waals surface area contributed by atoms with E-state index in [0.717, 1.165) is 0 Å². The summed E-state index contributed by atoms with van der Waals surface area (Å²) in [6, 6.07) is 0. The summed E-state index contributed by atoms with van der Waals surface area (Å²) in [5.74, 6) is -31.4. The molecule has 0 aliphatic rings. The zero-order chi connectivity index (χ0) is 25.2. The van der Waals surface area contributed by atoms with E-state index in [0.29, 0.717) is 6.54 Å². The lowest BCUT2D eigenvalue weighted by Crippen LogP contribution is -2.70. The Morgan fingerprint density at radius 2 is 1.17 bits per heavy atom. The molecule has 182 valence electrons. The van der Waals surface area contributed by atoms with Gasteiger partial charge in [0.2, 0.25) is 0 Å². The Hall–Kier alpha value is -1.37. The molecule has 0 fully saturated rings. The van der Waals surface area contributed by atoms with Crippen molar-refractivity contribution in [2.45, 2.75) is 47.7 Å². The van der Waals surface area contributed by atoms with Gasteiger partial charge in [0.25, 0.3) is 0 Å². The number of rotatable bonds is 8. The minimum atomic E-state index is -8.14. The first-order chi connectivity index (χ1) is 12.8. The zero-order valence-electron chi connectivity index (χ0n) is 13.8. The number of hydrogen-bond donors (Lipinski definition) is 2. The van der Waals surface area contributed by atoms with Crippen LogP contribution in [0.1, 0.15) is 6.42 Å². The second kappa shape index (κ2) is 9.01. The van der Waals surface area contributed by atoms with Crippen LogP contribution in [-0.2, 0) is 10.1 Å². The molecule has 0 aliphatic carbocycles. The zero-order valence-corrected chi connectivity index (χ0v) is 14.6. The average Bonchev–Trinajstić information content (AvgIpc) is 2.51. The molecule has 0 aromatic heterocycles. The van der Waals surface area contributed by atoms with Crippen molar-refractivity contribution in [1.29, 1.82) is 0 Å². The van der Waals surface area contributed by atoms with E-state index in [1.54, 1.807) is 6.08 Å². The van der Waals surface area contributed by atoms with E-state index in [9.17, 15) is 69.9 Å². The van der Waals surface area contributed by atoms with Crippen molar-refractivity contribution in [3.05, 3.63) is 12.7 Å². The summed E-state index contributed by atoms with van der Waals surface area (Å²) < 4.78 is 205. The molecule has 0 saturated heterocycles. The van der Waals surface area contributed by atoms with Crippen LogP contribution in [0.2, 0.25) is 0 Å². The van der Waals surface area contributed by atoms with Gasteiger partial charge in [0.05, 0.1) is 6.42 Å². The van der Waals surface area contributed by atoms with E-state index < -0.39 is 57.8 Å². The van der Waals surface area contributed by atoms with Gasteiger partial charge in [0.1, 0.15) is 0 Å². The SMILES string of the molecule is C=CCN.O=S(=O)(O)C(F)(F)C(F)(F)C(F)(F)C(F)(F)C(F)(F)C(F)CC(F)(F)F. The molecule has 0 spiro atoms. The maximum Gasteiger partial charge on any atom is 0.438 e. The molecule has 0 heterocycles. The van der Waals surface area contributed by atoms with Crippen LogP contribution in [0.15, 0.2) is 12.7 Å². The molecule has 0 aromatic rings. The highest BCUT2D eigenvalue weighted by Gasteiger charge is 2.89. The molecular weight excluding hydrogens is 492 g/mol. The fourth-order valence-electron chi connectivity index (χ4n) is 1.28. The number of alkyl halides is 14. The van der Waals surface area contributed by atoms with Crippen LogP contribution < -0.4 is 5.73 Å². The van der Waals surface area contributed by atoms with Crippen molar-refractivity contribution in [2.24, 2.45) is 5.73 Å². The van der Waals surface area contributed by atoms with Crippen LogP contribution in [0.4, 0.5) is 61.5 Å². The lowest BCUT2D eigenvalue weighted by atomic mass is 9.94. The molecule has 4 nitrogen and oxygen atoms in total. The first-order valence-electron chi connectivity index (χ1n) is 6.67. The van der Waals surface area contributed by atoms with Crippen molar-refractivity contribution in [3.63, 3.8) is 0 Å². The fourth-order valence-corrected chi connectivity index (χ4v) is 1.73. The van der Waals surface area contributed by atoms with Gasteiger partial charge in [-0.2, -0.15) is 65.5 Å². The smallest absolute Gasteiger partial charge is 0.327 e. The molecule has 0 rings (SSSR count). The highest BCUT2D eigenvalue weighted by molar-refractivity contribution is 7.87. The van der Waals surface area contributed by atoms with Gasteiger partial charge in [0, 0.05) is 6.54 Å². The predicted molar refractivity (Wildman–Crippen MR) is 71.1 cm³/mol. The summed E-state index contributed by atoms with van der Waals surface area (Å²) >= 11 is 0. The van der Waals surface area contributed by atoms with Crippen LogP contribution in [0.25, 0.3) is 0 Å². The lowest BCUT2D eigenvalue weighted by molar-refractivity contribution is -0.398. The Kier molecular flexibility index (Phi) is 9.26. The van der Waals surface area contributed by atoms with Crippen molar-refractivity contribution >= 4 is 10.1 Å². The standard InChI is InChI=1S/C8H4F14O3S.C3H7N/c9-2(1-3(10,11)12)4(13,14)5(15,16)6(17,18)7(19,20)8(21,22)26(23,24)25;1-2-3-4/h2H,1H2,(H,23,24,25);2H,1,3-4H2. The summed E-state index contributed by atoms with van der Waals surface area (Å²) in [6.07, 6.45) is -13.3. The molecule has 1 unspecified atom stereocenters. The molecule has 30 heavy (non-hydrogen) atoms. The molecule has 0 radical (unpaired) electrons. The highest BCUT2D eigenvalue weighted by atomic mass is 32.2. The van der Waals surface area contributed by atoms with Gasteiger partial charge < -0.3 is 5.73 Å². The third-order valence-corrected chi connectivity index (χ3v) is 3.77.